The van der Waals surface area contributed by atoms with Crippen molar-refractivity contribution in [3.63, 3.8) is 0 Å². The summed E-state index contributed by atoms with van der Waals surface area (Å²) in [4.78, 5) is 4.30. The third-order valence-electron chi connectivity index (χ3n) is 2.68. The Morgan fingerprint density at radius 3 is 2.26 bits per heavy atom. The van der Waals surface area contributed by atoms with Gasteiger partial charge in [-0.2, -0.15) is 26.3 Å². The summed E-state index contributed by atoms with van der Waals surface area (Å²) in [7, 11) is 0. The molecule has 0 radical (unpaired) electrons. The largest absolute Gasteiger partial charge is 0.417 e. The lowest BCUT2D eigenvalue weighted by Gasteiger charge is -2.17. The second-order valence-corrected chi connectivity index (χ2v) is 6.80. The van der Waals surface area contributed by atoms with Crippen LogP contribution in [0.25, 0.3) is 0 Å². The summed E-state index contributed by atoms with van der Waals surface area (Å²) in [6, 6.07) is 0.681. The summed E-state index contributed by atoms with van der Waals surface area (Å²) in [5.74, 6) is 0. The minimum Gasteiger partial charge on any atom is -0.379 e. The van der Waals surface area contributed by atoms with Crippen molar-refractivity contribution in [2.75, 3.05) is 5.32 Å². The zero-order valence-electron chi connectivity index (χ0n) is 10.8. The Morgan fingerprint density at radius 2 is 1.78 bits per heavy atom. The summed E-state index contributed by atoms with van der Waals surface area (Å²) in [6.07, 6.45) is -8.44. The van der Waals surface area contributed by atoms with Crippen molar-refractivity contribution in [1.82, 2.24) is 4.98 Å². The molecule has 1 N–H and O–H groups in total. The monoisotopic (exact) mass is 438 g/mol. The number of alkyl halides is 6. The van der Waals surface area contributed by atoms with Gasteiger partial charge in [0.05, 0.1) is 22.1 Å². The number of hydrogen-bond acceptors (Lipinski definition) is 3. The van der Waals surface area contributed by atoms with Crippen LogP contribution < -0.4 is 5.32 Å². The van der Waals surface area contributed by atoms with Gasteiger partial charge in [0.25, 0.3) is 0 Å². The Kier molecular flexibility index (Phi) is 5.17. The molecule has 0 aliphatic heterocycles. The number of benzene rings is 1. The summed E-state index contributed by atoms with van der Waals surface area (Å²) in [6.45, 7) is -0.0123. The van der Waals surface area contributed by atoms with Gasteiger partial charge in [0.15, 0.2) is 4.47 Å². The van der Waals surface area contributed by atoms with E-state index in [2.05, 4.69) is 26.2 Å². The van der Waals surface area contributed by atoms with Crippen molar-refractivity contribution in [2.45, 2.75) is 18.9 Å². The molecular weight excluding hydrogens is 434 g/mol. The molecule has 0 aliphatic rings. The highest BCUT2D eigenvalue weighted by Crippen LogP contribution is 2.43. The first-order valence-electron chi connectivity index (χ1n) is 5.80. The summed E-state index contributed by atoms with van der Waals surface area (Å²) in [5.41, 5.74) is -3.12. The molecular formula is C12H6BrClF6N2S. The van der Waals surface area contributed by atoms with Gasteiger partial charge in [-0.05, 0) is 28.1 Å². The van der Waals surface area contributed by atoms with E-state index < -0.39 is 28.0 Å². The van der Waals surface area contributed by atoms with Gasteiger partial charge in [0, 0.05) is 16.8 Å². The Labute approximate surface area is 143 Å². The molecule has 11 heteroatoms. The fourth-order valence-electron chi connectivity index (χ4n) is 1.67. The molecule has 0 spiro atoms. The number of nitrogens with zero attached hydrogens (tertiary/aromatic N) is 1. The Morgan fingerprint density at radius 1 is 1.13 bits per heavy atom. The summed E-state index contributed by atoms with van der Waals surface area (Å²) < 4.78 is 76.9. The van der Waals surface area contributed by atoms with Crippen LogP contribution in [0.1, 0.15) is 16.0 Å². The van der Waals surface area contributed by atoms with E-state index in [1.54, 1.807) is 0 Å². The van der Waals surface area contributed by atoms with E-state index in [9.17, 15) is 26.3 Å². The van der Waals surface area contributed by atoms with Gasteiger partial charge >= 0.3 is 12.4 Å². The maximum atomic E-state index is 12.9. The van der Waals surface area contributed by atoms with Gasteiger partial charge in [-0.25, -0.2) is 4.98 Å². The molecule has 126 valence electrons. The highest BCUT2D eigenvalue weighted by molar-refractivity contribution is 9.10. The molecule has 23 heavy (non-hydrogen) atoms. The molecule has 0 unspecified atom stereocenters. The molecule has 0 bridgehead atoms. The fraction of sp³-hybridized carbons (Fsp3) is 0.250. The van der Waals surface area contributed by atoms with Gasteiger partial charge in [-0.1, -0.05) is 11.6 Å². The maximum Gasteiger partial charge on any atom is 0.417 e. The standard InChI is InChI=1S/C12H6BrClF6N2S/c13-9-7(12(18,19)20)1-5(11(15,16)17)2-8(9)21-3-6-4-22-10(14)23-6/h1-2,4,21H,3H2. The van der Waals surface area contributed by atoms with E-state index in [1.807, 2.05) is 0 Å². The first-order valence-corrected chi connectivity index (χ1v) is 7.79. The normalized spacial score (nSPS) is 12.5. The average molecular weight is 440 g/mol. The first-order chi connectivity index (χ1) is 10.5. The van der Waals surface area contributed by atoms with Crippen LogP contribution in [0.5, 0.6) is 0 Å². The number of halogens is 8. The number of rotatable bonds is 3. The predicted molar refractivity (Wildman–Crippen MR) is 78.6 cm³/mol. The number of hydrogen-bond donors (Lipinski definition) is 1. The van der Waals surface area contributed by atoms with Crippen molar-refractivity contribution in [1.29, 1.82) is 0 Å². The fourth-order valence-corrected chi connectivity index (χ4v) is 3.18. The van der Waals surface area contributed by atoms with Crippen LogP contribution in [0.2, 0.25) is 4.47 Å². The molecule has 0 saturated heterocycles. The Balaban J connectivity index is 2.40. The van der Waals surface area contributed by atoms with E-state index >= 15 is 0 Å². The molecule has 1 heterocycles. The van der Waals surface area contributed by atoms with Gasteiger partial charge in [-0.15, -0.1) is 11.3 Å². The molecule has 2 rings (SSSR count). The van der Waals surface area contributed by atoms with Crippen LogP contribution >= 0.6 is 38.9 Å². The SMILES string of the molecule is FC(F)(F)c1cc(NCc2cnc(Cl)s2)c(Br)c(C(F)(F)F)c1. The number of thiazole rings is 1. The summed E-state index contributed by atoms with van der Waals surface area (Å²) >= 11 is 9.39. The van der Waals surface area contributed by atoms with Crippen LogP contribution in [0.3, 0.4) is 0 Å². The second kappa shape index (κ2) is 6.48. The second-order valence-electron chi connectivity index (χ2n) is 4.31. The zero-order valence-corrected chi connectivity index (χ0v) is 14.0. The first kappa shape index (κ1) is 18.3. The number of anilines is 1. The quantitative estimate of drug-likeness (QED) is 0.575. The minimum atomic E-state index is -4.93. The molecule has 0 atom stereocenters. The third-order valence-corrected chi connectivity index (χ3v) is 4.65. The van der Waals surface area contributed by atoms with Crippen LogP contribution in [-0.2, 0) is 18.9 Å². The smallest absolute Gasteiger partial charge is 0.379 e. The van der Waals surface area contributed by atoms with E-state index in [4.69, 9.17) is 11.6 Å². The number of aromatic nitrogens is 1. The van der Waals surface area contributed by atoms with E-state index in [-0.39, 0.29) is 22.8 Å². The summed E-state index contributed by atoms with van der Waals surface area (Å²) in [5, 5.41) is 2.53. The van der Waals surface area contributed by atoms with Crippen molar-refractivity contribution in [3.05, 3.63) is 43.3 Å². The molecule has 2 aromatic rings. The van der Waals surface area contributed by atoms with Gasteiger partial charge < -0.3 is 5.32 Å². The van der Waals surface area contributed by atoms with Crippen molar-refractivity contribution < 1.29 is 26.3 Å². The topological polar surface area (TPSA) is 24.9 Å². The maximum absolute atomic E-state index is 12.9. The lowest BCUT2D eigenvalue weighted by molar-refractivity contribution is -0.143. The lowest BCUT2D eigenvalue weighted by Crippen LogP contribution is -2.13. The lowest BCUT2D eigenvalue weighted by atomic mass is 10.1. The van der Waals surface area contributed by atoms with E-state index in [0.29, 0.717) is 10.9 Å². The molecule has 0 amide bonds. The van der Waals surface area contributed by atoms with Crippen molar-refractivity contribution >= 4 is 44.6 Å². The van der Waals surface area contributed by atoms with E-state index in [1.165, 1.54) is 6.20 Å². The third kappa shape index (κ3) is 4.51. The predicted octanol–water partition coefficient (Wildman–Crippen LogP) is 6.21. The molecule has 0 saturated carbocycles. The molecule has 2 nitrogen and oxygen atoms in total. The van der Waals surface area contributed by atoms with Gasteiger partial charge in [-0.3, -0.25) is 0 Å². The molecule has 0 aliphatic carbocycles. The van der Waals surface area contributed by atoms with Crippen LogP contribution in [0.4, 0.5) is 32.0 Å². The highest BCUT2D eigenvalue weighted by Gasteiger charge is 2.39. The van der Waals surface area contributed by atoms with Crippen LogP contribution in [0, 0.1) is 0 Å². The van der Waals surface area contributed by atoms with Crippen LogP contribution in [0.15, 0.2) is 22.8 Å². The Bertz CT molecular complexity index is 713. The molecule has 0 fully saturated rings. The van der Waals surface area contributed by atoms with Gasteiger partial charge in [0.2, 0.25) is 0 Å². The van der Waals surface area contributed by atoms with Crippen LogP contribution in [-0.4, -0.2) is 4.98 Å². The van der Waals surface area contributed by atoms with Crippen molar-refractivity contribution in [2.24, 2.45) is 0 Å². The highest BCUT2D eigenvalue weighted by atomic mass is 79.9. The average Bonchev–Trinajstić information content (AvgIpc) is 2.80. The van der Waals surface area contributed by atoms with E-state index in [0.717, 1.165) is 11.3 Å². The number of nitrogens with one attached hydrogen (secondary N) is 1. The minimum absolute atomic E-state index is 0.0123. The van der Waals surface area contributed by atoms with Gasteiger partial charge in [0.1, 0.15) is 0 Å². The van der Waals surface area contributed by atoms with Crippen molar-refractivity contribution in [3.8, 4) is 0 Å². The molecule has 1 aromatic heterocycles. The Hall–Kier alpha value is -1.00. The zero-order chi connectivity index (χ0) is 17.4. The molecule has 1 aromatic carbocycles.